The molecule has 0 unspecified atom stereocenters. The first kappa shape index (κ1) is 25.7. The Bertz CT molecular complexity index is 1330. The van der Waals surface area contributed by atoms with Gasteiger partial charge in [0.2, 0.25) is 5.91 Å². The fraction of sp³-hybridized carbons (Fsp3) is 0.385. The molecule has 2 amide bonds. The van der Waals surface area contributed by atoms with Crippen LogP contribution in [0.3, 0.4) is 0 Å². The number of carbonyl (C=O) groups excluding carboxylic acids is 2. The Labute approximate surface area is 214 Å². The van der Waals surface area contributed by atoms with Crippen LogP contribution in [0.5, 0.6) is 0 Å². The molecule has 0 atom stereocenters. The van der Waals surface area contributed by atoms with E-state index >= 15 is 0 Å². The smallest absolute Gasteiger partial charge is 0.265 e. The zero-order valence-electron chi connectivity index (χ0n) is 20.6. The van der Waals surface area contributed by atoms with Crippen molar-refractivity contribution >= 4 is 40.1 Å². The first-order chi connectivity index (χ1) is 17.2. The van der Waals surface area contributed by atoms with Crippen LogP contribution in [-0.4, -0.2) is 59.6 Å². The molecule has 3 aromatic rings. The standard InChI is InChI=1S/C26H30ClN5O4/c1-26(2)15-31(16-26)22(33)14-32-23-19(21(8-9-29-23)28-10-11-36-3)12-20(25(32)35)24(34)30-13-17-4-6-18(27)7-5-17/h4-9,12H,10-11,13-16H2,1-3H3,(H,28,29)(H,30,34). The van der Waals surface area contributed by atoms with Crippen molar-refractivity contribution in [2.24, 2.45) is 5.41 Å². The highest BCUT2D eigenvalue weighted by molar-refractivity contribution is 6.30. The third-order valence-electron chi connectivity index (χ3n) is 6.11. The fourth-order valence-electron chi connectivity index (χ4n) is 4.30. The van der Waals surface area contributed by atoms with Gasteiger partial charge >= 0.3 is 0 Å². The lowest BCUT2D eigenvalue weighted by Gasteiger charge is -2.45. The maximum Gasteiger partial charge on any atom is 0.265 e. The highest BCUT2D eigenvalue weighted by Gasteiger charge is 2.37. The van der Waals surface area contributed by atoms with Gasteiger partial charge < -0.3 is 20.3 Å². The van der Waals surface area contributed by atoms with Crippen molar-refractivity contribution < 1.29 is 14.3 Å². The number of ether oxygens (including phenoxy) is 1. The summed E-state index contributed by atoms with van der Waals surface area (Å²) in [6.45, 7) is 6.44. The lowest BCUT2D eigenvalue weighted by atomic mass is 9.84. The summed E-state index contributed by atoms with van der Waals surface area (Å²) in [6.07, 6.45) is 1.57. The van der Waals surface area contributed by atoms with Gasteiger partial charge in [0.05, 0.1) is 6.61 Å². The Morgan fingerprint density at radius 1 is 1.17 bits per heavy atom. The molecule has 0 spiro atoms. The highest BCUT2D eigenvalue weighted by Crippen LogP contribution is 2.29. The number of rotatable bonds is 9. The number of anilines is 1. The van der Waals surface area contributed by atoms with E-state index in [1.165, 1.54) is 10.6 Å². The molecule has 0 aliphatic carbocycles. The van der Waals surface area contributed by atoms with Gasteiger partial charge in [0.25, 0.3) is 11.5 Å². The Balaban J connectivity index is 1.68. The van der Waals surface area contributed by atoms with Crippen LogP contribution in [0, 0.1) is 5.41 Å². The van der Waals surface area contributed by atoms with Crippen LogP contribution >= 0.6 is 11.6 Å². The molecule has 0 saturated carbocycles. The lowest BCUT2D eigenvalue weighted by molar-refractivity contribution is -0.142. The molecular weight excluding hydrogens is 482 g/mol. The number of halogens is 1. The summed E-state index contributed by atoms with van der Waals surface area (Å²) >= 11 is 5.94. The molecule has 1 aliphatic heterocycles. The van der Waals surface area contributed by atoms with Gasteiger partial charge in [-0.15, -0.1) is 0 Å². The van der Waals surface area contributed by atoms with Crippen molar-refractivity contribution in [2.75, 3.05) is 38.7 Å². The lowest BCUT2D eigenvalue weighted by Crippen LogP contribution is -2.56. The van der Waals surface area contributed by atoms with Gasteiger partial charge in [-0.1, -0.05) is 37.6 Å². The van der Waals surface area contributed by atoms with Gasteiger partial charge in [0, 0.05) is 55.6 Å². The molecule has 1 aliphatic rings. The van der Waals surface area contributed by atoms with Crippen LogP contribution < -0.4 is 16.2 Å². The minimum atomic E-state index is -0.564. The van der Waals surface area contributed by atoms with Crippen LogP contribution in [-0.2, 0) is 22.6 Å². The van der Waals surface area contributed by atoms with E-state index in [9.17, 15) is 14.4 Å². The predicted molar refractivity (Wildman–Crippen MR) is 139 cm³/mol. The zero-order valence-corrected chi connectivity index (χ0v) is 21.4. The Morgan fingerprint density at radius 2 is 1.89 bits per heavy atom. The van der Waals surface area contributed by atoms with E-state index in [1.54, 1.807) is 48.5 Å². The van der Waals surface area contributed by atoms with E-state index in [-0.39, 0.29) is 30.0 Å². The van der Waals surface area contributed by atoms with Gasteiger partial charge in [0.1, 0.15) is 17.8 Å². The normalized spacial score (nSPS) is 14.4. The van der Waals surface area contributed by atoms with Gasteiger partial charge in [-0.3, -0.25) is 19.0 Å². The maximum atomic E-state index is 13.5. The quantitative estimate of drug-likeness (QED) is 0.428. The first-order valence-electron chi connectivity index (χ1n) is 11.7. The number of likely N-dealkylation sites (tertiary alicyclic amines) is 1. The average Bonchev–Trinajstić information content (AvgIpc) is 2.83. The third kappa shape index (κ3) is 5.68. The molecule has 1 aromatic carbocycles. The molecule has 190 valence electrons. The number of hydrogen-bond acceptors (Lipinski definition) is 6. The second kappa shape index (κ2) is 10.7. The van der Waals surface area contributed by atoms with Crippen molar-refractivity contribution in [3.05, 3.63) is 69.1 Å². The van der Waals surface area contributed by atoms with E-state index in [1.807, 2.05) is 0 Å². The summed E-state index contributed by atoms with van der Waals surface area (Å²) in [5, 5.41) is 7.22. The summed E-state index contributed by atoms with van der Waals surface area (Å²) in [4.78, 5) is 45.7. The molecule has 4 rings (SSSR count). The Hall–Kier alpha value is -3.43. The van der Waals surface area contributed by atoms with Gasteiger partial charge in [0.15, 0.2) is 0 Å². The van der Waals surface area contributed by atoms with Gasteiger partial charge in [-0.25, -0.2) is 4.98 Å². The highest BCUT2D eigenvalue weighted by atomic mass is 35.5. The number of methoxy groups -OCH3 is 1. The molecule has 1 saturated heterocycles. The summed E-state index contributed by atoms with van der Waals surface area (Å²) < 4.78 is 6.41. The monoisotopic (exact) mass is 511 g/mol. The number of carbonyl (C=O) groups is 2. The largest absolute Gasteiger partial charge is 0.383 e. The fourth-order valence-corrected chi connectivity index (χ4v) is 4.42. The van der Waals surface area contributed by atoms with Crippen LogP contribution in [0.4, 0.5) is 5.69 Å². The molecule has 10 heteroatoms. The molecule has 0 bridgehead atoms. The zero-order chi connectivity index (χ0) is 25.9. The van der Waals surface area contributed by atoms with E-state index in [2.05, 4.69) is 29.5 Å². The molecule has 2 aromatic heterocycles. The molecule has 3 heterocycles. The minimum Gasteiger partial charge on any atom is -0.383 e. The van der Waals surface area contributed by atoms with Crippen molar-refractivity contribution in [2.45, 2.75) is 26.9 Å². The van der Waals surface area contributed by atoms with E-state index in [4.69, 9.17) is 16.3 Å². The summed E-state index contributed by atoms with van der Waals surface area (Å²) in [5.74, 6) is -0.717. The number of benzene rings is 1. The van der Waals surface area contributed by atoms with E-state index in [0.29, 0.717) is 48.0 Å². The SMILES string of the molecule is COCCNc1ccnc2c1cc(C(=O)NCc1ccc(Cl)cc1)c(=O)n2CC(=O)N1CC(C)(C)C1. The predicted octanol–water partition coefficient (Wildman–Crippen LogP) is 2.91. The third-order valence-corrected chi connectivity index (χ3v) is 6.36. The number of fused-ring (bicyclic) bond motifs is 1. The second-order valence-corrected chi connectivity index (χ2v) is 10.1. The Morgan fingerprint density at radius 3 is 2.56 bits per heavy atom. The molecule has 2 N–H and O–H groups in total. The van der Waals surface area contributed by atoms with E-state index < -0.39 is 11.5 Å². The second-order valence-electron chi connectivity index (χ2n) is 9.69. The minimum absolute atomic E-state index is 0.0583. The average molecular weight is 512 g/mol. The number of amides is 2. The number of hydrogen-bond donors (Lipinski definition) is 2. The summed E-state index contributed by atoms with van der Waals surface area (Å²) in [7, 11) is 1.61. The molecule has 0 radical (unpaired) electrons. The van der Waals surface area contributed by atoms with Crippen LogP contribution in [0.25, 0.3) is 11.0 Å². The summed E-state index contributed by atoms with van der Waals surface area (Å²) in [6, 6.07) is 10.4. The van der Waals surface area contributed by atoms with Crippen LogP contribution in [0.2, 0.25) is 5.02 Å². The van der Waals surface area contributed by atoms with Crippen molar-refractivity contribution in [1.82, 2.24) is 19.8 Å². The van der Waals surface area contributed by atoms with Gasteiger partial charge in [-0.05, 0) is 35.2 Å². The topological polar surface area (TPSA) is 106 Å². The number of pyridine rings is 2. The molecular formula is C26H30ClN5O4. The van der Waals surface area contributed by atoms with Crippen molar-refractivity contribution in [1.29, 1.82) is 0 Å². The molecule has 1 fully saturated rings. The molecule has 36 heavy (non-hydrogen) atoms. The van der Waals surface area contributed by atoms with Crippen molar-refractivity contribution in [3.63, 3.8) is 0 Å². The van der Waals surface area contributed by atoms with Crippen molar-refractivity contribution in [3.8, 4) is 0 Å². The van der Waals surface area contributed by atoms with Crippen LogP contribution in [0.15, 0.2) is 47.4 Å². The number of aromatic nitrogens is 2. The number of nitrogens with one attached hydrogen (secondary N) is 2. The number of nitrogens with zero attached hydrogens (tertiary/aromatic N) is 3. The Kier molecular flexibility index (Phi) is 7.61. The van der Waals surface area contributed by atoms with Crippen LogP contribution in [0.1, 0.15) is 29.8 Å². The van der Waals surface area contributed by atoms with Gasteiger partial charge in [-0.2, -0.15) is 0 Å². The maximum absolute atomic E-state index is 13.5. The molecule has 9 nitrogen and oxygen atoms in total. The van der Waals surface area contributed by atoms with E-state index in [0.717, 1.165) is 5.56 Å². The first-order valence-corrected chi connectivity index (χ1v) is 12.1. The summed E-state index contributed by atoms with van der Waals surface area (Å²) in [5.41, 5.74) is 1.30.